The Morgan fingerprint density at radius 2 is 2.00 bits per heavy atom. The van der Waals surface area contributed by atoms with E-state index in [0.29, 0.717) is 5.02 Å². The van der Waals surface area contributed by atoms with Crippen molar-refractivity contribution in [3.63, 3.8) is 0 Å². The molecular weight excluding hydrogens is 267 g/mol. The van der Waals surface area contributed by atoms with Crippen molar-refractivity contribution in [2.45, 2.75) is 12.5 Å². The number of hydrogen-bond donors (Lipinski definition) is 1. The first-order valence-corrected chi connectivity index (χ1v) is 5.45. The number of carbonyl (C=O) groups is 2. The van der Waals surface area contributed by atoms with E-state index in [4.69, 9.17) is 23.2 Å². The summed E-state index contributed by atoms with van der Waals surface area (Å²) in [5, 5.41) is 9.89. The van der Waals surface area contributed by atoms with Gasteiger partial charge in [0, 0.05) is 12.0 Å². The topological polar surface area (TPSA) is 63.6 Å². The maximum absolute atomic E-state index is 11.7. The average Bonchev–Trinajstić information content (AvgIpc) is 2.31. The lowest BCUT2D eigenvalue weighted by Gasteiger charge is -2.07. The first-order valence-electron chi connectivity index (χ1n) is 4.70. The van der Waals surface area contributed by atoms with Crippen LogP contribution < -0.4 is 0 Å². The standard InChI is InChI=1S/C11H10Cl2O4/c1-17-11(16)10(15)5-9(14)6-2-3-7(12)8(13)4-6/h2-4,10,15H,5H2,1H3/t10-/m1/s1. The Bertz CT molecular complexity index is 445. The number of rotatable bonds is 4. The molecule has 1 rings (SSSR count). The molecule has 0 bridgehead atoms. The number of ketones is 1. The predicted molar refractivity (Wildman–Crippen MR) is 63.4 cm³/mol. The van der Waals surface area contributed by atoms with Gasteiger partial charge in [-0.25, -0.2) is 4.79 Å². The molecular formula is C11H10Cl2O4. The fraction of sp³-hybridized carbons (Fsp3) is 0.273. The summed E-state index contributed by atoms with van der Waals surface area (Å²) >= 11 is 11.4. The molecule has 0 aliphatic heterocycles. The van der Waals surface area contributed by atoms with Crippen molar-refractivity contribution in [2.24, 2.45) is 0 Å². The maximum atomic E-state index is 11.7. The minimum absolute atomic E-state index is 0.241. The van der Waals surface area contributed by atoms with Gasteiger partial charge in [-0.1, -0.05) is 23.2 Å². The number of carbonyl (C=O) groups excluding carboxylic acids is 2. The summed E-state index contributed by atoms with van der Waals surface area (Å²) in [4.78, 5) is 22.6. The summed E-state index contributed by atoms with van der Waals surface area (Å²) in [6.07, 6.45) is -1.83. The number of Topliss-reactive ketones (excluding diaryl/α,β-unsaturated/α-hetero) is 1. The first kappa shape index (κ1) is 14.0. The van der Waals surface area contributed by atoms with Crippen molar-refractivity contribution >= 4 is 35.0 Å². The molecule has 1 aromatic carbocycles. The molecule has 0 saturated heterocycles. The Morgan fingerprint density at radius 1 is 1.35 bits per heavy atom. The third-order valence-corrected chi connectivity index (χ3v) is 2.83. The number of aliphatic hydroxyl groups excluding tert-OH is 1. The number of aliphatic hydroxyl groups is 1. The fourth-order valence-corrected chi connectivity index (χ4v) is 1.48. The minimum atomic E-state index is -1.47. The van der Waals surface area contributed by atoms with Gasteiger partial charge in [0.25, 0.3) is 0 Å². The molecule has 1 atom stereocenters. The van der Waals surface area contributed by atoms with Crippen molar-refractivity contribution in [1.29, 1.82) is 0 Å². The molecule has 0 spiro atoms. The highest BCUT2D eigenvalue weighted by atomic mass is 35.5. The van der Waals surface area contributed by atoms with Crippen LogP contribution in [0.25, 0.3) is 0 Å². The van der Waals surface area contributed by atoms with E-state index >= 15 is 0 Å². The quantitative estimate of drug-likeness (QED) is 0.676. The average molecular weight is 277 g/mol. The molecule has 0 saturated carbocycles. The molecule has 0 aromatic heterocycles. The van der Waals surface area contributed by atoms with Crippen LogP contribution >= 0.6 is 23.2 Å². The van der Waals surface area contributed by atoms with Gasteiger partial charge in [-0.3, -0.25) is 4.79 Å². The van der Waals surface area contributed by atoms with Crippen molar-refractivity contribution < 1.29 is 19.4 Å². The molecule has 0 fully saturated rings. The van der Waals surface area contributed by atoms with Crippen LogP contribution in [0.4, 0.5) is 0 Å². The fourth-order valence-electron chi connectivity index (χ4n) is 1.18. The van der Waals surface area contributed by atoms with E-state index < -0.39 is 17.9 Å². The zero-order valence-electron chi connectivity index (χ0n) is 8.94. The highest BCUT2D eigenvalue weighted by molar-refractivity contribution is 6.42. The van der Waals surface area contributed by atoms with Gasteiger partial charge >= 0.3 is 5.97 Å². The second-order valence-corrected chi connectivity index (χ2v) is 4.11. The van der Waals surface area contributed by atoms with E-state index in [1.807, 2.05) is 0 Å². The predicted octanol–water partition coefficient (Wildman–Crippen LogP) is 2.10. The Hall–Kier alpha value is -1.10. The van der Waals surface area contributed by atoms with Crippen molar-refractivity contribution in [3.05, 3.63) is 33.8 Å². The monoisotopic (exact) mass is 276 g/mol. The van der Waals surface area contributed by atoms with E-state index in [0.717, 1.165) is 7.11 Å². The summed E-state index contributed by atoms with van der Waals surface area (Å²) in [6.45, 7) is 0. The molecule has 0 radical (unpaired) electrons. The van der Waals surface area contributed by atoms with E-state index in [9.17, 15) is 14.7 Å². The third kappa shape index (κ3) is 3.70. The smallest absolute Gasteiger partial charge is 0.335 e. The summed E-state index contributed by atoms with van der Waals surface area (Å²) in [5.74, 6) is -1.26. The lowest BCUT2D eigenvalue weighted by molar-refractivity contribution is -0.150. The Morgan fingerprint density at radius 3 is 2.53 bits per heavy atom. The van der Waals surface area contributed by atoms with Crippen LogP contribution in [0.15, 0.2) is 18.2 Å². The number of methoxy groups -OCH3 is 1. The van der Waals surface area contributed by atoms with Gasteiger partial charge in [-0.05, 0) is 18.2 Å². The van der Waals surface area contributed by atoms with Crippen LogP contribution in [0.1, 0.15) is 16.8 Å². The normalized spacial score (nSPS) is 12.0. The van der Waals surface area contributed by atoms with E-state index in [-0.39, 0.29) is 17.0 Å². The van der Waals surface area contributed by atoms with Crippen LogP contribution in [-0.2, 0) is 9.53 Å². The Balaban J connectivity index is 2.76. The number of benzene rings is 1. The Kier molecular flexibility index (Phi) is 4.93. The SMILES string of the molecule is COC(=O)[C@H](O)CC(=O)c1ccc(Cl)c(Cl)c1. The molecule has 0 aliphatic rings. The zero-order valence-corrected chi connectivity index (χ0v) is 10.5. The molecule has 0 heterocycles. The van der Waals surface area contributed by atoms with Crippen LogP contribution in [0.3, 0.4) is 0 Å². The lowest BCUT2D eigenvalue weighted by Crippen LogP contribution is -2.24. The van der Waals surface area contributed by atoms with Gasteiger partial charge in [0.15, 0.2) is 11.9 Å². The van der Waals surface area contributed by atoms with Crippen molar-refractivity contribution in [2.75, 3.05) is 7.11 Å². The molecule has 0 amide bonds. The van der Waals surface area contributed by atoms with Gasteiger partial charge in [-0.15, -0.1) is 0 Å². The second kappa shape index (κ2) is 6.00. The van der Waals surface area contributed by atoms with Crippen molar-refractivity contribution in [1.82, 2.24) is 0 Å². The van der Waals surface area contributed by atoms with Gasteiger partial charge < -0.3 is 9.84 Å². The van der Waals surface area contributed by atoms with Gasteiger partial charge in [0.05, 0.1) is 17.2 Å². The molecule has 1 N–H and O–H groups in total. The van der Waals surface area contributed by atoms with E-state index in [1.54, 1.807) is 0 Å². The largest absolute Gasteiger partial charge is 0.467 e. The summed E-state index contributed by atoms with van der Waals surface area (Å²) in [7, 11) is 1.13. The van der Waals surface area contributed by atoms with Gasteiger partial charge in [-0.2, -0.15) is 0 Å². The lowest BCUT2D eigenvalue weighted by atomic mass is 10.1. The van der Waals surface area contributed by atoms with E-state index in [2.05, 4.69) is 4.74 Å². The molecule has 17 heavy (non-hydrogen) atoms. The number of ether oxygens (including phenoxy) is 1. The minimum Gasteiger partial charge on any atom is -0.467 e. The van der Waals surface area contributed by atoms with Gasteiger partial charge in [0.2, 0.25) is 0 Å². The molecule has 92 valence electrons. The molecule has 1 aromatic rings. The maximum Gasteiger partial charge on any atom is 0.335 e. The number of esters is 1. The highest BCUT2D eigenvalue weighted by Gasteiger charge is 2.20. The second-order valence-electron chi connectivity index (χ2n) is 3.30. The number of hydrogen-bond acceptors (Lipinski definition) is 4. The van der Waals surface area contributed by atoms with Crippen LogP contribution in [0.2, 0.25) is 10.0 Å². The Labute approximate surface area is 108 Å². The molecule has 6 heteroatoms. The van der Waals surface area contributed by atoms with Crippen LogP contribution in [0.5, 0.6) is 0 Å². The highest BCUT2D eigenvalue weighted by Crippen LogP contribution is 2.23. The van der Waals surface area contributed by atoms with Crippen molar-refractivity contribution in [3.8, 4) is 0 Å². The van der Waals surface area contributed by atoms with Gasteiger partial charge in [0.1, 0.15) is 0 Å². The van der Waals surface area contributed by atoms with Crippen LogP contribution in [-0.4, -0.2) is 30.1 Å². The summed E-state index contributed by atoms with van der Waals surface area (Å²) < 4.78 is 4.30. The molecule has 0 aliphatic carbocycles. The third-order valence-electron chi connectivity index (χ3n) is 2.09. The zero-order chi connectivity index (χ0) is 13.0. The first-order chi connectivity index (χ1) is 7.95. The molecule has 4 nitrogen and oxygen atoms in total. The number of halogens is 2. The summed E-state index contributed by atoms with van der Waals surface area (Å²) in [5.41, 5.74) is 0.280. The van der Waals surface area contributed by atoms with Crippen LogP contribution in [0, 0.1) is 0 Å². The summed E-state index contributed by atoms with van der Waals surface area (Å²) in [6, 6.07) is 4.33. The van der Waals surface area contributed by atoms with E-state index in [1.165, 1.54) is 18.2 Å². The molecule has 0 unspecified atom stereocenters.